The molecule has 24 heavy (non-hydrogen) atoms. The fourth-order valence-electron chi connectivity index (χ4n) is 2.21. The third-order valence-corrected chi connectivity index (χ3v) is 3.57. The maximum Gasteiger partial charge on any atom is 0.246 e. The molecule has 6 nitrogen and oxygen atoms in total. The zero-order valence-electron chi connectivity index (χ0n) is 14.7. The van der Waals surface area contributed by atoms with Crippen LogP contribution in [0.1, 0.15) is 37.7 Å². The Balaban J connectivity index is 2.41. The lowest BCUT2D eigenvalue weighted by Gasteiger charge is -2.21. The fraction of sp³-hybridized carbons (Fsp3) is 0.556. The van der Waals surface area contributed by atoms with Crippen LogP contribution in [0.2, 0.25) is 0 Å². The molecule has 0 aromatic heterocycles. The Morgan fingerprint density at radius 2 is 1.71 bits per heavy atom. The molecule has 0 saturated heterocycles. The molecule has 1 rings (SSSR count). The van der Waals surface area contributed by atoms with Crippen molar-refractivity contribution in [2.24, 2.45) is 5.73 Å². The van der Waals surface area contributed by atoms with Crippen LogP contribution < -0.4 is 5.73 Å². The Morgan fingerprint density at radius 1 is 1.00 bits per heavy atom. The molecule has 0 radical (unpaired) electrons. The van der Waals surface area contributed by atoms with E-state index in [2.05, 4.69) is 4.90 Å². The average molecular weight is 335 g/mol. The van der Waals surface area contributed by atoms with Gasteiger partial charge in [-0.15, -0.1) is 0 Å². The van der Waals surface area contributed by atoms with Gasteiger partial charge in [-0.3, -0.25) is 14.4 Å². The molecule has 0 aliphatic carbocycles. The molecule has 0 saturated carbocycles. The van der Waals surface area contributed by atoms with Crippen molar-refractivity contribution in [3.8, 4) is 0 Å². The van der Waals surface area contributed by atoms with E-state index in [0.717, 1.165) is 31.4 Å². The SMILES string of the molecule is CN(C)CCCCCC(=O)N(CCC(N)=O)OCc1ccccc1. The molecule has 0 spiro atoms. The monoisotopic (exact) mass is 335 g/mol. The molecular weight excluding hydrogens is 306 g/mol. The van der Waals surface area contributed by atoms with Crippen LogP contribution in [0, 0.1) is 0 Å². The molecule has 0 aliphatic rings. The van der Waals surface area contributed by atoms with Crippen molar-refractivity contribution in [3.05, 3.63) is 35.9 Å². The summed E-state index contributed by atoms with van der Waals surface area (Å²) in [5.41, 5.74) is 6.15. The van der Waals surface area contributed by atoms with Crippen molar-refractivity contribution in [3.63, 3.8) is 0 Å². The van der Waals surface area contributed by atoms with Crippen LogP contribution in [0.3, 0.4) is 0 Å². The second-order valence-corrected chi connectivity index (χ2v) is 6.09. The number of hydrogen-bond donors (Lipinski definition) is 1. The Bertz CT molecular complexity index is 492. The Labute approximate surface area is 144 Å². The summed E-state index contributed by atoms with van der Waals surface area (Å²) in [4.78, 5) is 31.0. The molecule has 0 atom stereocenters. The van der Waals surface area contributed by atoms with Gasteiger partial charge in [0, 0.05) is 12.8 Å². The molecule has 2 N–H and O–H groups in total. The Kier molecular flexibility index (Phi) is 9.72. The lowest BCUT2D eigenvalue weighted by molar-refractivity contribution is -0.192. The minimum absolute atomic E-state index is 0.0984. The number of hydrogen-bond acceptors (Lipinski definition) is 4. The normalized spacial score (nSPS) is 10.8. The molecule has 0 fully saturated rings. The third kappa shape index (κ3) is 9.27. The molecule has 134 valence electrons. The molecule has 0 heterocycles. The van der Waals surface area contributed by atoms with Crippen LogP contribution in [0.15, 0.2) is 30.3 Å². The number of carbonyl (C=O) groups is 2. The van der Waals surface area contributed by atoms with Crippen LogP contribution in [0.4, 0.5) is 0 Å². The summed E-state index contributed by atoms with van der Waals surface area (Å²) in [5.74, 6) is -0.542. The van der Waals surface area contributed by atoms with Gasteiger partial charge in [0.05, 0.1) is 6.54 Å². The van der Waals surface area contributed by atoms with Gasteiger partial charge in [-0.25, -0.2) is 5.06 Å². The Morgan fingerprint density at radius 3 is 2.33 bits per heavy atom. The number of unbranched alkanes of at least 4 members (excludes halogenated alkanes) is 2. The number of hydroxylamine groups is 2. The van der Waals surface area contributed by atoms with Crippen molar-refractivity contribution >= 4 is 11.8 Å². The highest BCUT2D eigenvalue weighted by molar-refractivity contribution is 5.77. The molecule has 6 heteroatoms. The number of primary amides is 1. The molecular formula is C18H29N3O3. The minimum atomic E-state index is -0.443. The van der Waals surface area contributed by atoms with E-state index in [1.807, 2.05) is 44.4 Å². The molecule has 0 aliphatic heterocycles. The standard InChI is InChI=1S/C18H29N3O3/c1-20(2)13-8-4-7-11-18(23)21(14-12-17(19)22)24-15-16-9-5-3-6-10-16/h3,5-6,9-10H,4,7-8,11-15H2,1-2H3,(H2,19,22). The summed E-state index contributed by atoms with van der Waals surface area (Å²) >= 11 is 0. The first-order valence-electron chi connectivity index (χ1n) is 8.39. The van der Waals surface area contributed by atoms with Crippen LogP contribution in [-0.2, 0) is 21.0 Å². The van der Waals surface area contributed by atoms with Gasteiger partial charge in [0.2, 0.25) is 11.8 Å². The van der Waals surface area contributed by atoms with E-state index in [1.54, 1.807) is 0 Å². The van der Waals surface area contributed by atoms with Gasteiger partial charge in [0.15, 0.2) is 0 Å². The van der Waals surface area contributed by atoms with Crippen LogP contribution in [-0.4, -0.2) is 49.0 Å². The smallest absolute Gasteiger partial charge is 0.246 e. The lowest BCUT2D eigenvalue weighted by atomic mass is 10.2. The lowest BCUT2D eigenvalue weighted by Crippen LogP contribution is -2.34. The summed E-state index contributed by atoms with van der Waals surface area (Å²) in [7, 11) is 4.07. The molecule has 0 unspecified atom stereocenters. The highest BCUT2D eigenvalue weighted by Gasteiger charge is 2.15. The van der Waals surface area contributed by atoms with E-state index in [-0.39, 0.29) is 18.9 Å². The molecule has 0 bridgehead atoms. The second kappa shape index (κ2) is 11.6. The van der Waals surface area contributed by atoms with Crippen molar-refractivity contribution in [2.45, 2.75) is 38.7 Å². The predicted molar refractivity (Wildman–Crippen MR) is 93.8 cm³/mol. The highest BCUT2D eigenvalue weighted by Crippen LogP contribution is 2.08. The van der Waals surface area contributed by atoms with Crippen molar-refractivity contribution < 1.29 is 14.4 Å². The average Bonchev–Trinajstić information content (AvgIpc) is 2.54. The van der Waals surface area contributed by atoms with Crippen LogP contribution in [0.25, 0.3) is 0 Å². The summed E-state index contributed by atoms with van der Waals surface area (Å²) < 4.78 is 0. The minimum Gasteiger partial charge on any atom is -0.370 e. The van der Waals surface area contributed by atoms with Gasteiger partial charge in [-0.2, -0.15) is 0 Å². The number of carbonyl (C=O) groups excluding carboxylic acids is 2. The van der Waals surface area contributed by atoms with Crippen LogP contribution >= 0.6 is 0 Å². The highest BCUT2D eigenvalue weighted by atomic mass is 16.7. The van der Waals surface area contributed by atoms with Gasteiger partial charge in [0.25, 0.3) is 0 Å². The molecule has 1 aromatic rings. The first-order valence-corrected chi connectivity index (χ1v) is 8.39. The topological polar surface area (TPSA) is 75.9 Å². The maximum absolute atomic E-state index is 12.3. The number of benzene rings is 1. The first-order chi connectivity index (χ1) is 11.5. The summed E-state index contributed by atoms with van der Waals surface area (Å²) in [5, 5.41) is 1.28. The Hall–Kier alpha value is -1.92. The third-order valence-electron chi connectivity index (χ3n) is 3.57. The number of nitrogens with zero attached hydrogens (tertiary/aromatic N) is 2. The summed E-state index contributed by atoms with van der Waals surface area (Å²) in [6.45, 7) is 1.51. The van der Waals surface area contributed by atoms with Gasteiger partial charge in [-0.05, 0) is 39.0 Å². The second-order valence-electron chi connectivity index (χ2n) is 6.09. The zero-order chi connectivity index (χ0) is 17.8. The van der Waals surface area contributed by atoms with E-state index in [1.165, 1.54) is 5.06 Å². The van der Waals surface area contributed by atoms with E-state index < -0.39 is 5.91 Å². The number of amides is 2. The van der Waals surface area contributed by atoms with E-state index in [4.69, 9.17) is 10.6 Å². The zero-order valence-corrected chi connectivity index (χ0v) is 14.7. The quantitative estimate of drug-likeness (QED) is 0.468. The fourth-order valence-corrected chi connectivity index (χ4v) is 2.21. The van der Waals surface area contributed by atoms with Crippen molar-refractivity contribution in [1.82, 2.24) is 9.96 Å². The first kappa shape index (κ1) is 20.1. The van der Waals surface area contributed by atoms with Gasteiger partial charge in [0.1, 0.15) is 6.61 Å². The number of nitrogens with two attached hydrogens (primary N) is 1. The molecule has 1 aromatic carbocycles. The largest absolute Gasteiger partial charge is 0.370 e. The molecule has 2 amide bonds. The number of rotatable bonds is 12. The van der Waals surface area contributed by atoms with Crippen LogP contribution in [0.5, 0.6) is 0 Å². The van der Waals surface area contributed by atoms with Crippen molar-refractivity contribution in [2.75, 3.05) is 27.2 Å². The van der Waals surface area contributed by atoms with E-state index in [9.17, 15) is 9.59 Å². The van der Waals surface area contributed by atoms with Gasteiger partial charge >= 0.3 is 0 Å². The summed E-state index contributed by atoms with van der Waals surface area (Å²) in [6.07, 6.45) is 3.38. The van der Waals surface area contributed by atoms with Gasteiger partial charge in [-0.1, -0.05) is 36.8 Å². The van der Waals surface area contributed by atoms with E-state index in [0.29, 0.717) is 13.0 Å². The summed E-state index contributed by atoms with van der Waals surface area (Å²) in [6, 6.07) is 9.61. The van der Waals surface area contributed by atoms with E-state index >= 15 is 0 Å². The predicted octanol–water partition coefficient (Wildman–Crippen LogP) is 1.94. The van der Waals surface area contributed by atoms with Gasteiger partial charge < -0.3 is 10.6 Å². The maximum atomic E-state index is 12.3. The van der Waals surface area contributed by atoms with Crippen molar-refractivity contribution in [1.29, 1.82) is 0 Å².